The van der Waals surface area contributed by atoms with Crippen LogP contribution in [0, 0.1) is 0 Å². The molecule has 0 aliphatic heterocycles. The van der Waals surface area contributed by atoms with Gasteiger partial charge in [0.15, 0.2) is 4.80 Å². The van der Waals surface area contributed by atoms with Gasteiger partial charge in [-0.2, -0.15) is 4.99 Å². The van der Waals surface area contributed by atoms with Gasteiger partial charge in [-0.25, -0.2) is 0 Å². The standard InChI is InChI=1S/C17H21ClN2O3S/c1-17(2,3)14-10-20(7-8-21)16(24-14)19-15(22)12-9-11(18)5-6-13(12)23-4/h5-6,9-10,21H,7-8H2,1-4H3. The lowest BCUT2D eigenvalue weighted by atomic mass is 9.95. The summed E-state index contributed by atoms with van der Waals surface area (Å²) in [5.74, 6) is -0.00203. The van der Waals surface area contributed by atoms with Crippen LogP contribution in [0.4, 0.5) is 0 Å². The quantitative estimate of drug-likeness (QED) is 0.901. The van der Waals surface area contributed by atoms with E-state index in [1.807, 2.05) is 6.20 Å². The molecule has 1 aromatic carbocycles. The molecule has 0 radical (unpaired) electrons. The van der Waals surface area contributed by atoms with Gasteiger partial charge in [0.25, 0.3) is 5.91 Å². The number of halogens is 1. The zero-order chi connectivity index (χ0) is 17.9. The van der Waals surface area contributed by atoms with E-state index in [1.165, 1.54) is 18.4 Å². The first-order chi connectivity index (χ1) is 11.3. The molecule has 1 aromatic heterocycles. The molecule has 0 unspecified atom stereocenters. The van der Waals surface area contributed by atoms with Gasteiger partial charge in [-0.05, 0) is 23.6 Å². The first kappa shape index (κ1) is 18.7. The van der Waals surface area contributed by atoms with Crippen LogP contribution in [-0.2, 0) is 12.0 Å². The fraction of sp³-hybridized carbons (Fsp3) is 0.412. The summed E-state index contributed by atoms with van der Waals surface area (Å²) in [5.41, 5.74) is 0.248. The molecule has 7 heteroatoms. The number of hydrogen-bond donors (Lipinski definition) is 1. The first-order valence-electron chi connectivity index (χ1n) is 7.50. The van der Waals surface area contributed by atoms with E-state index >= 15 is 0 Å². The molecule has 24 heavy (non-hydrogen) atoms. The Kier molecular flexibility index (Phi) is 5.85. The van der Waals surface area contributed by atoms with Crippen LogP contribution < -0.4 is 9.54 Å². The molecule has 0 atom stereocenters. The maximum Gasteiger partial charge on any atom is 0.283 e. The zero-order valence-corrected chi connectivity index (χ0v) is 15.7. The summed E-state index contributed by atoms with van der Waals surface area (Å²) < 4.78 is 7.01. The van der Waals surface area contributed by atoms with Gasteiger partial charge in [-0.15, -0.1) is 11.3 Å². The second-order valence-electron chi connectivity index (χ2n) is 6.31. The van der Waals surface area contributed by atoms with E-state index in [-0.39, 0.29) is 12.0 Å². The number of benzene rings is 1. The summed E-state index contributed by atoms with van der Waals surface area (Å²) in [4.78, 5) is 18.4. The lowest BCUT2D eigenvalue weighted by molar-refractivity contribution is 0.0994. The maximum atomic E-state index is 12.6. The van der Waals surface area contributed by atoms with Crippen molar-refractivity contribution in [1.29, 1.82) is 0 Å². The number of rotatable bonds is 4. The van der Waals surface area contributed by atoms with Crippen molar-refractivity contribution in [3.63, 3.8) is 0 Å². The van der Waals surface area contributed by atoms with Crippen LogP contribution in [0.3, 0.4) is 0 Å². The van der Waals surface area contributed by atoms with Crippen LogP contribution in [0.2, 0.25) is 5.02 Å². The van der Waals surface area contributed by atoms with Crippen LogP contribution in [0.25, 0.3) is 0 Å². The summed E-state index contributed by atoms with van der Waals surface area (Å²) in [6.45, 7) is 6.63. The van der Waals surface area contributed by atoms with Crippen LogP contribution in [0.15, 0.2) is 29.4 Å². The lowest BCUT2D eigenvalue weighted by Crippen LogP contribution is -2.18. The molecule has 1 heterocycles. The van der Waals surface area contributed by atoms with E-state index < -0.39 is 5.91 Å². The molecule has 0 aliphatic carbocycles. The number of thiazole rings is 1. The number of aliphatic hydroxyl groups is 1. The van der Waals surface area contributed by atoms with Crippen molar-refractivity contribution >= 4 is 28.8 Å². The maximum absolute atomic E-state index is 12.6. The summed E-state index contributed by atoms with van der Waals surface area (Å²) in [7, 11) is 1.49. The van der Waals surface area contributed by atoms with Gasteiger partial charge in [-0.1, -0.05) is 32.4 Å². The predicted octanol–water partition coefficient (Wildman–Crippen LogP) is 3.24. The minimum absolute atomic E-state index is 0.0256. The molecule has 0 spiro atoms. The average Bonchev–Trinajstić information content (AvgIpc) is 2.90. The highest BCUT2D eigenvalue weighted by atomic mass is 35.5. The van der Waals surface area contributed by atoms with Crippen molar-refractivity contribution in [1.82, 2.24) is 4.57 Å². The molecule has 0 bridgehead atoms. The van der Waals surface area contributed by atoms with E-state index in [0.29, 0.717) is 27.7 Å². The molecule has 0 saturated heterocycles. The number of methoxy groups -OCH3 is 1. The Morgan fingerprint density at radius 3 is 2.71 bits per heavy atom. The molecular formula is C17H21ClN2O3S. The highest BCUT2D eigenvalue weighted by Crippen LogP contribution is 2.25. The number of ether oxygens (including phenoxy) is 1. The molecule has 0 fully saturated rings. The Hall–Kier alpha value is -1.63. The van der Waals surface area contributed by atoms with Crippen molar-refractivity contribution < 1.29 is 14.6 Å². The van der Waals surface area contributed by atoms with Crippen molar-refractivity contribution in [2.75, 3.05) is 13.7 Å². The number of aromatic nitrogens is 1. The number of amides is 1. The second kappa shape index (κ2) is 7.51. The third kappa shape index (κ3) is 4.26. The number of carbonyl (C=O) groups is 1. The highest BCUT2D eigenvalue weighted by molar-refractivity contribution is 7.09. The molecule has 5 nitrogen and oxygen atoms in total. The van der Waals surface area contributed by atoms with E-state index in [0.717, 1.165) is 4.88 Å². The Morgan fingerprint density at radius 2 is 2.12 bits per heavy atom. The third-order valence-electron chi connectivity index (χ3n) is 3.39. The van der Waals surface area contributed by atoms with Crippen LogP contribution in [0.1, 0.15) is 36.0 Å². The molecule has 1 amide bonds. The third-order valence-corrected chi connectivity index (χ3v) is 5.07. The minimum Gasteiger partial charge on any atom is -0.496 e. The van der Waals surface area contributed by atoms with Crippen molar-refractivity contribution in [2.24, 2.45) is 4.99 Å². The average molecular weight is 369 g/mol. The Bertz CT molecular complexity index is 803. The summed E-state index contributed by atoms with van der Waals surface area (Å²) in [5, 5.41) is 9.69. The molecule has 130 valence electrons. The lowest BCUT2D eigenvalue weighted by Gasteiger charge is -2.14. The van der Waals surface area contributed by atoms with Gasteiger partial charge in [-0.3, -0.25) is 4.79 Å². The van der Waals surface area contributed by atoms with Crippen LogP contribution in [0.5, 0.6) is 5.75 Å². The monoisotopic (exact) mass is 368 g/mol. The highest BCUT2D eigenvalue weighted by Gasteiger charge is 2.19. The first-order valence-corrected chi connectivity index (χ1v) is 8.70. The summed E-state index contributed by atoms with van der Waals surface area (Å²) >= 11 is 7.42. The van der Waals surface area contributed by atoms with Gasteiger partial charge < -0.3 is 14.4 Å². The van der Waals surface area contributed by atoms with Crippen LogP contribution in [-0.4, -0.2) is 29.3 Å². The number of hydrogen-bond acceptors (Lipinski definition) is 4. The molecule has 0 aliphatic rings. The fourth-order valence-corrected chi connectivity index (χ4v) is 3.32. The normalized spacial score (nSPS) is 12.5. The second-order valence-corrected chi connectivity index (χ2v) is 7.75. The number of nitrogens with zero attached hydrogens (tertiary/aromatic N) is 2. The van der Waals surface area contributed by atoms with Gasteiger partial charge in [0.05, 0.1) is 19.3 Å². The van der Waals surface area contributed by atoms with Gasteiger partial charge in [0.1, 0.15) is 5.75 Å². The Morgan fingerprint density at radius 1 is 1.42 bits per heavy atom. The van der Waals surface area contributed by atoms with E-state index in [2.05, 4.69) is 25.8 Å². The Labute approximate surface area is 150 Å². The van der Waals surface area contributed by atoms with E-state index in [9.17, 15) is 9.90 Å². The molecule has 2 rings (SSSR count). The molecule has 2 aromatic rings. The van der Waals surface area contributed by atoms with Gasteiger partial charge in [0.2, 0.25) is 0 Å². The van der Waals surface area contributed by atoms with Crippen molar-refractivity contribution in [3.05, 3.63) is 44.7 Å². The molecule has 1 N–H and O–H groups in total. The summed E-state index contributed by atoms with van der Waals surface area (Å²) in [6, 6.07) is 4.84. The van der Waals surface area contributed by atoms with Crippen molar-refractivity contribution in [2.45, 2.75) is 32.7 Å². The van der Waals surface area contributed by atoms with Gasteiger partial charge >= 0.3 is 0 Å². The fourth-order valence-electron chi connectivity index (χ4n) is 2.08. The van der Waals surface area contributed by atoms with Crippen molar-refractivity contribution in [3.8, 4) is 5.75 Å². The molecule has 0 saturated carbocycles. The van der Waals surface area contributed by atoms with Gasteiger partial charge in [0, 0.05) is 22.6 Å². The number of carbonyl (C=O) groups excluding carboxylic acids is 1. The smallest absolute Gasteiger partial charge is 0.283 e. The van der Waals surface area contributed by atoms with E-state index in [1.54, 1.807) is 22.8 Å². The molecular weight excluding hydrogens is 348 g/mol. The number of aliphatic hydroxyl groups excluding tert-OH is 1. The largest absolute Gasteiger partial charge is 0.496 e. The topological polar surface area (TPSA) is 63.8 Å². The SMILES string of the molecule is COc1ccc(Cl)cc1C(=O)N=c1sc(C(C)(C)C)cn1CCO. The van der Waals surface area contributed by atoms with E-state index in [4.69, 9.17) is 16.3 Å². The Balaban J connectivity index is 2.52. The predicted molar refractivity (Wildman–Crippen MR) is 96.0 cm³/mol. The minimum atomic E-state index is -0.427. The summed E-state index contributed by atoms with van der Waals surface area (Å²) in [6.07, 6.45) is 1.93. The van der Waals surface area contributed by atoms with Crippen LogP contribution >= 0.6 is 22.9 Å². The zero-order valence-electron chi connectivity index (χ0n) is 14.2.